The molecular formula is C24H36O2. The second-order valence-electron chi connectivity index (χ2n) is 8.51. The average Bonchev–Trinajstić information content (AvgIpc) is 2.63. The number of Topliss-reactive ketones (excluding diaryl/α,β-unsaturated/α-hetero) is 1. The summed E-state index contributed by atoms with van der Waals surface area (Å²) in [6, 6.07) is 4.62. The quantitative estimate of drug-likeness (QED) is 0.538. The maximum absolute atomic E-state index is 12.8. The van der Waals surface area contributed by atoms with Gasteiger partial charge in [-0.1, -0.05) is 67.5 Å². The Bertz CT molecular complexity index is 694. The predicted octanol–water partition coefficient (Wildman–Crippen LogP) is 6.78. The summed E-state index contributed by atoms with van der Waals surface area (Å²) in [5.41, 5.74) is 4.73. The van der Waals surface area contributed by atoms with Gasteiger partial charge in [-0.15, -0.1) is 0 Å². The van der Waals surface area contributed by atoms with E-state index in [2.05, 4.69) is 53.7 Å². The molecular weight excluding hydrogens is 320 g/mol. The van der Waals surface area contributed by atoms with Gasteiger partial charge in [-0.25, -0.2) is 0 Å². The van der Waals surface area contributed by atoms with E-state index in [-0.39, 0.29) is 17.6 Å². The van der Waals surface area contributed by atoms with Crippen LogP contribution in [0.2, 0.25) is 0 Å². The Kier molecular flexibility index (Phi) is 6.71. The Morgan fingerprint density at radius 2 is 1.62 bits per heavy atom. The van der Waals surface area contributed by atoms with Crippen LogP contribution in [0.3, 0.4) is 0 Å². The van der Waals surface area contributed by atoms with E-state index in [1.165, 1.54) is 16.7 Å². The van der Waals surface area contributed by atoms with E-state index in [0.717, 1.165) is 29.9 Å². The van der Waals surface area contributed by atoms with E-state index in [4.69, 9.17) is 4.74 Å². The maximum atomic E-state index is 12.8. The Hall–Kier alpha value is -1.57. The maximum Gasteiger partial charge on any atom is 0.165 e. The molecule has 0 aromatic heterocycles. The molecule has 0 radical (unpaired) electrons. The molecule has 0 spiro atoms. The molecule has 2 atom stereocenters. The molecule has 1 aliphatic heterocycles. The predicted molar refractivity (Wildman–Crippen MR) is 110 cm³/mol. The van der Waals surface area contributed by atoms with Gasteiger partial charge in [0, 0.05) is 23.8 Å². The lowest BCUT2D eigenvalue weighted by Crippen LogP contribution is -2.24. The van der Waals surface area contributed by atoms with Gasteiger partial charge in [-0.05, 0) is 41.4 Å². The Labute approximate surface area is 160 Å². The first-order valence-electron chi connectivity index (χ1n) is 10.3. The van der Waals surface area contributed by atoms with Crippen LogP contribution in [0.15, 0.2) is 23.5 Å². The van der Waals surface area contributed by atoms with Gasteiger partial charge in [0.2, 0.25) is 0 Å². The Balaban J connectivity index is 2.62. The van der Waals surface area contributed by atoms with Crippen LogP contribution >= 0.6 is 0 Å². The Morgan fingerprint density at radius 1 is 1.00 bits per heavy atom. The minimum atomic E-state index is -0.00400. The largest absolute Gasteiger partial charge is 0.460 e. The molecule has 144 valence electrons. The summed E-state index contributed by atoms with van der Waals surface area (Å²) in [6.07, 6.45) is 2.90. The lowest BCUT2D eigenvalue weighted by molar-refractivity contribution is -0.118. The van der Waals surface area contributed by atoms with E-state index in [1.54, 1.807) is 0 Å². The zero-order chi connectivity index (χ0) is 19.6. The molecule has 2 unspecified atom stereocenters. The van der Waals surface area contributed by atoms with Crippen molar-refractivity contribution >= 4 is 5.78 Å². The second-order valence-corrected chi connectivity index (χ2v) is 8.51. The van der Waals surface area contributed by atoms with E-state index in [0.29, 0.717) is 18.3 Å². The van der Waals surface area contributed by atoms with Crippen molar-refractivity contribution in [2.45, 2.75) is 86.5 Å². The van der Waals surface area contributed by atoms with Gasteiger partial charge in [0.15, 0.2) is 5.78 Å². The number of benzene rings is 1. The highest BCUT2D eigenvalue weighted by Gasteiger charge is 2.30. The fraction of sp³-hybridized carbons (Fsp3) is 0.625. The number of hydrogen-bond acceptors (Lipinski definition) is 2. The van der Waals surface area contributed by atoms with Crippen molar-refractivity contribution in [3.05, 3.63) is 40.2 Å². The van der Waals surface area contributed by atoms with Crippen molar-refractivity contribution in [1.29, 1.82) is 0 Å². The molecule has 2 rings (SSSR count). The highest BCUT2D eigenvalue weighted by molar-refractivity contribution is 5.98. The van der Waals surface area contributed by atoms with E-state index < -0.39 is 0 Å². The minimum Gasteiger partial charge on any atom is -0.460 e. The number of fused-ring (bicyclic) bond motifs is 1. The molecule has 2 heteroatoms. The number of carbonyl (C=O) groups excluding carboxylic acids is 1. The highest BCUT2D eigenvalue weighted by Crippen LogP contribution is 2.42. The lowest BCUT2D eigenvalue weighted by Gasteiger charge is -2.30. The molecule has 1 heterocycles. The third-order valence-electron chi connectivity index (χ3n) is 5.76. The molecule has 0 bridgehead atoms. The van der Waals surface area contributed by atoms with E-state index in [1.807, 2.05) is 13.8 Å². The summed E-state index contributed by atoms with van der Waals surface area (Å²) in [4.78, 5) is 12.8. The first-order valence-corrected chi connectivity index (χ1v) is 10.3. The van der Waals surface area contributed by atoms with Crippen LogP contribution in [-0.2, 0) is 11.2 Å². The molecule has 1 aromatic carbocycles. The molecule has 1 aliphatic rings. The van der Waals surface area contributed by atoms with Crippen molar-refractivity contribution in [2.24, 2.45) is 11.8 Å². The zero-order valence-electron chi connectivity index (χ0n) is 17.9. The molecule has 0 saturated heterocycles. The molecule has 1 aromatic rings. The zero-order valence-corrected chi connectivity index (χ0v) is 17.9. The van der Waals surface area contributed by atoms with Crippen molar-refractivity contribution < 1.29 is 9.53 Å². The van der Waals surface area contributed by atoms with Crippen LogP contribution in [0.1, 0.15) is 96.8 Å². The van der Waals surface area contributed by atoms with Crippen molar-refractivity contribution in [1.82, 2.24) is 0 Å². The third kappa shape index (κ3) is 4.05. The monoisotopic (exact) mass is 356 g/mol. The molecule has 0 aliphatic carbocycles. The van der Waals surface area contributed by atoms with E-state index in [9.17, 15) is 4.79 Å². The second kappa shape index (κ2) is 8.41. The third-order valence-corrected chi connectivity index (χ3v) is 5.76. The standard InChI is InChI=1S/C24H36O2/c1-9-16(7)18-11-19-13-21(22(25)14(3)4)23(15(5)6)26-24(19)20(12-18)17(8)10-2/h11-12,14-17H,9-10,13H2,1-8H3. The topological polar surface area (TPSA) is 26.3 Å². The number of carbonyl (C=O) groups is 1. The van der Waals surface area contributed by atoms with Crippen molar-refractivity contribution in [3.8, 4) is 5.75 Å². The number of rotatable bonds is 7. The number of ether oxygens (including phenoxy) is 1. The van der Waals surface area contributed by atoms with E-state index >= 15 is 0 Å². The summed E-state index contributed by atoms with van der Waals surface area (Å²) >= 11 is 0. The summed E-state index contributed by atoms with van der Waals surface area (Å²) < 4.78 is 6.46. The fourth-order valence-electron chi connectivity index (χ4n) is 3.57. The first-order chi connectivity index (χ1) is 12.2. The van der Waals surface area contributed by atoms with Crippen molar-refractivity contribution in [3.63, 3.8) is 0 Å². The van der Waals surface area contributed by atoms with Gasteiger partial charge in [-0.2, -0.15) is 0 Å². The van der Waals surface area contributed by atoms with Gasteiger partial charge >= 0.3 is 0 Å². The summed E-state index contributed by atoms with van der Waals surface area (Å²) in [7, 11) is 0. The molecule has 0 saturated carbocycles. The van der Waals surface area contributed by atoms with Crippen LogP contribution < -0.4 is 4.74 Å². The summed E-state index contributed by atoms with van der Waals surface area (Å²) in [5.74, 6) is 3.27. The Morgan fingerprint density at radius 3 is 2.12 bits per heavy atom. The van der Waals surface area contributed by atoms with Crippen LogP contribution in [0.4, 0.5) is 0 Å². The summed E-state index contributed by atoms with van der Waals surface area (Å²) in [5, 5.41) is 0. The number of ketones is 1. The van der Waals surface area contributed by atoms with Gasteiger partial charge in [0.25, 0.3) is 0 Å². The normalized spacial score (nSPS) is 16.5. The first kappa shape index (κ1) is 20.7. The molecule has 0 N–H and O–H groups in total. The number of allylic oxidation sites excluding steroid dienone is 2. The highest BCUT2D eigenvalue weighted by atomic mass is 16.5. The van der Waals surface area contributed by atoms with Crippen LogP contribution in [0.25, 0.3) is 0 Å². The van der Waals surface area contributed by atoms with Gasteiger partial charge in [-0.3, -0.25) is 4.79 Å². The smallest absolute Gasteiger partial charge is 0.165 e. The van der Waals surface area contributed by atoms with Gasteiger partial charge in [0.1, 0.15) is 11.5 Å². The lowest BCUT2D eigenvalue weighted by atomic mass is 9.83. The number of hydrogen-bond donors (Lipinski definition) is 0. The van der Waals surface area contributed by atoms with Crippen LogP contribution in [0, 0.1) is 11.8 Å². The molecule has 0 fully saturated rings. The molecule has 2 nitrogen and oxygen atoms in total. The molecule has 26 heavy (non-hydrogen) atoms. The van der Waals surface area contributed by atoms with Crippen LogP contribution in [0.5, 0.6) is 5.75 Å². The SMILES string of the molecule is CCC(C)c1cc2c(c(C(C)CC)c1)OC(C(C)C)=C(C(=O)C(C)C)C2. The molecule has 0 amide bonds. The fourth-order valence-corrected chi connectivity index (χ4v) is 3.57. The van der Waals surface area contributed by atoms with Crippen molar-refractivity contribution in [2.75, 3.05) is 0 Å². The van der Waals surface area contributed by atoms with Crippen LogP contribution in [-0.4, -0.2) is 5.78 Å². The summed E-state index contributed by atoms with van der Waals surface area (Å²) in [6.45, 7) is 17.2. The van der Waals surface area contributed by atoms with Gasteiger partial charge in [0.05, 0.1) is 0 Å². The minimum absolute atomic E-state index is 0.00400. The average molecular weight is 357 g/mol. The van der Waals surface area contributed by atoms with Gasteiger partial charge < -0.3 is 4.74 Å².